The molecule has 1 amide bonds. The van der Waals surface area contributed by atoms with Crippen molar-refractivity contribution in [2.75, 3.05) is 32.1 Å². The van der Waals surface area contributed by atoms with E-state index in [-0.39, 0.29) is 42.2 Å². The first-order valence-corrected chi connectivity index (χ1v) is 9.24. The van der Waals surface area contributed by atoms with Crippen LogP contribution in [-0.4, -0.2) is 59.4 Å². The van der Waals surface area contributed by atoms with Crippen molar-refractivity contribution in [3.8, 4) is 0 Å². The number of ether oxygens (including phenoxy) is 1. The Morgan fingerprint density at radius 2 is 1.90 bits per heavy atom. The minimum Gasteiger partial charge on any atom is -0.466 e. The number of nitro groups is 1. The van der Waals surface area contributed by atoms with Gasteiger partial charge >= 0.3 is 5.97 Å². The van der Waals surface area contributed by atoms with Gasteiger partial charge in [0.1, 0.15) is 11.4 Å². The summed E-state index contributed by atoms with van der Waals surface area (Å²) >= 11 is 0. The molecule has 0 saturated heterocycles. The first-order chi connectivity index (χ1) is 14.9. The minimum atomic E-state index is -0.769. The third kappa shape index (κ3) is 4.43. The summed E-state index contributed by atoms with van der Waals surface area (Å²) in [5.74, 6) is -1.77. The highest BCUT2D eigenvalue weighted by Gasteiger charge is 2.35. The molecule has 0 saturated carbocycles. The van der Waals surface area contributed by atoms with E-state index in [1.165, 1.54) is 17.0 Å². The highest BCUT2D eigenvalue weighted by molar-refractivity contribution is 6.11. The number of methoxy groups -OCH3 is 1. The number of β-amino-alcohol motifs (C(OH)–C–C–N with tert-alkyl or cyclic N) is 1. The summed E-state index contributed by atoms with van der Waals surface area (Å²) in [6.07, 6.45) is 0. The van der Waals surface area contributed by atoms with Gasteiger partial charge in [-0.3, -0.25) is 19.7 Å². The lowest BCUT2D eigenvalue weighted by Gasteiger charge is -2.15. The van der Waals surface area contributed by atoms with Crippen LogP contribution in [-0.2, 0) is 14.3 Å². The molecule has 160 valence electrons. The van der Waals surface area contributed by atoms with Crippen LogP contribution in [0.2, 0.25) is 0 Å². The maximum Gasteiger partial charge on any atom is 0.337 e. The van der Waals surface area contributed by atoms with Gasteiger partial charge in [0.25, 0.3) is 11.6 Å². The molecular formula is C21H19N3O7. The van der Waals surface area contributed by atoms with Crippen molar-refractivity contribution >= 4 is 29.0 Å². The Hall–Kier alpha value is -4.05. The smallest absolute Gasteiger partial charge is 0.337 e. The predicted octanol–water partition coefficient (Wildman–Crippen LogP) is 1.50. The first-order valence-electron chi connectivity index (χ1n) is 9.24. The Morgan fingerprint density at radius 1 is 1.19 bits per heavy atom. The third-order valence-electron chi connectivity index (χ3n) is 4.71. The quantitative estimate of drug-likeness (QED) is 0.281. The monoisotopic (exact) mass is 425 g/mol. The maximum absolute atomic E-state index is 12.6. The Bertz CT molecular complexity index is 1080. The lowest BCUT2D eigenvalue weighted by molar-refractivity contribution is -0.383. The molecule has 2 aromatic rings. The molecule has 0 atom stereocenters. The number of hydrogen-bond donors (Lipinski definition) is 2. The van der Waals surface area contributed by atoms with Crippen molar-refractivity contribution in [3.63, 3.8) is 0 Å². The number of ketones is 1. The van der Waals surface area contributed by atoms with E-state index in [0.29, 0.717) is 5.56 Å². The molecule has 0 aromatic heterocycles. The van der Waals surface area contributed by atoms with Crippen LogP contribution in [0, 0.1) is 10.1 Å². The Kier molecular flexibility index (Phi) is 6.41. The molecule has 0 bridgehead atoms. The summed E-state index contributed by atoms with van der Waals surface area (Å²) in [7, 11) is 1.15. The summed E-state index contributed by atoms with van der Waals surface area (Å²) < 4.78 is 4.70. The van der Waals surface area contributed by atoms with Crippen molar-refractivity contribution in [3.05, 3.63) is 81.0 Å². The standard InChI is InChI=1S/C21H19N3O7/c1-31-21(28)15-12-23(9-10-25)20(27)18(15)22-16-8-7-14(11-17(16)24(29)30)19(26)13-5-3-2-4-6-13/h2-8,11,22,25H,9-10,12H2,1H3. The zero-order valence-electron chi connectivity index (χ0n) is 16.5. The van der Waals surface area contributed by atoms with Crippen molar-refractivity contribution in [1.29, 1.82) is 0 Å². The van der Waals surface area contributed by atoms with Gasteiger partial charge in [0.05, 0.1) is 30.8 Å². The van der Waals surface area contributed by atoms with E-state index >= 15 is 0 Å². The summed E-state index contributed by atoms with van der Waals surface area (Å²) in [4.78, 5) is 49.5. The van der Waals surface area contributed by atoms with Gasteiger partial charge in [-0.1, -0.05) is 30.3 Å². The van der Waals surface area contributed by atoms with Crippen molar-refractivity contribution in [2.45, 2.75) is 0 Å². The van der Waals surface area contributed by atoms with E-state index in [4.69, 9.17) is 9.84 Å². The van der Waals surface area contributed by atoms with Crippen LogP contribution >= 0.6 is 0 Å². The molecule has 0 aliphatic carbocycles. The second-order valence-corrected chi connectivity index (χ2v) is 6.60. The van der Waals surface area contributed by atoms with Crippen LogP contribution in [0.25, 0.3) is 0 Å². The van der Waals surface area contributed by atoms with Gasteiger partial charge < -0.3 is 20.1 Å². The Morgan fingerprint density at radius 3 is 2.52 bits per heavy atom. The second kappa shape index (κ2) is 9.18. The number of aliphatic hydroxyl groups is 1. The number of esters is 1. The van der Waals surface area contributed by atoms with E-state index in [0.717, 1.165) is 13.2 Å². The first kappa shape index (κ1) is 21.7. The zero-order chi connectivity index (χ0) is 22.5. The molecule has 0 radical (unpaired) electrons. The van der Waals surface area contributed by atoms with Gasteiger partial charge in [-0.15, -0.1) is 0 Å². The number of nitro benzene ring substituents is 1. The fourth-order valence-corrected chi connectivity index (χ4v) is 3.17. The van der Waals surface area contributed by atoms with Crippen molar-refractivity contribution < 1.29 is 29.2 Å². The van der Waals surface area contributed by atoms with E-state index in [2.05, 4.69) is 5.32 Å². The topological polar surface area (TPSA) is 139 Å². The van der Waals surface area contributed by atoms with Crippen molar-refractivity contribution in [2.24, 2.45) is 0 Å². The number of anilines is 1. The maximum atomic E-state index is 12.6. The molecule has 1 heterocycles. The lowest BCUT2D eigenvalue weighted by Crippen LogP contribution is -2.31. The predicted molar refractivity (Wildman–Crippen MR) is 109 cm³/mol. The average molecular weight is 425 g/mol. The molecule has 2 aromatic carbocycles. The molecule has 1 aliphatic heterocycles. The van der Waals surface area contributed by atoms with Crippen LogP contribution in [0.3, 0.4) is 0 Å². The molecule has 0 fully saturated rings. The van der Waals surface area contributed by atoms with E-state index < -0.39 is 28.3 Å². The molecule has 0 spiro atoms. The van der Waals surface area contributed by atoms with Crippen molar-refractivity contribution in [1.82, 2.24) is 4.90 Å². The van der Waals surface area contributed by atoms with E-state index in [9.17, 15) is 24.5 Å². The average Bonchev–Trinajstić information content (AvgIpc) is 3.09. The second-order valence-electron chi connectivity index (χ2n) is 6.60. The number of aliphatic hydroxyl groups excluding tert-OH is 1. The van der Waals surface area contributed by atoms with Crippen LogP contribution in [0.1, 0.15) is 15.9 Å². The molecule has 3 rings (SSSR count). The van der Waals surface area contributed by atoms with E-state index in [1.807, 2.05) is 0 Å². The molecule has 10 heteroatoms. The SMILES string of the molecule is COC(=O)C1=C(Nc2ccc(C(=O)c3ccccc3)cc2[N+](=O)[O-])C(=O)N(CCO)C1. The zero-order valence-corrected chi connectivity index (χ0v) is 16.5. The molecule has 10 nitrogen and oxygen atoms in total. The molecule has 0 unspecified atom stereocenters. The normalized spacial score (nSPS) is 13.4. The number of carbonyl (C=O) groups excluding carboxylic acids is 3. The van der Waals surface area contributed by atoms with Gasteiger partial charge in [-0.05, 0) is 12.1 Å². The lowest BCUT2D eigenvalue weighted by atomic mass is 10.0. The highest BCUT2D eigenvalue weighted by Crippen LogP contribution is 2.30. The number of nitrogens with one attached hydrogen (secondary N) is 1. The molecule has 1 aliphatic rings. The number of rotatable bonds is 8. The Labute approximate surface area is 176 Å². The highest BCUT2D eigenvalue weighted by atomic mass is 16.6. The van der Waals surface area contributed by atoms with Crippen LogP contribution in [0.4, 0.5) is 11.4 Å². The molecule has 2 N–H and O–H groups in total. The van der Waals surface area contributed by atoms with Crippen LogP contribution in [0.5, 0.6) is 0 Å². The number of nitrogens with zero attached hydrogens (tertiary/aromatic N) is 2. The Balaban J connectivity index is 1.98. The van der Waals surface area contributed by atoms with Gasteiger partial charge in [-0.2, -0.15) is 0 Å². The van der Waals surface area contributed by atoms with Gasteiger partial charge in [0.15, 0.2) is 5.78 Å². The van der Waals surface area contributed by atoms with Gasteiger partial charge in [0.2, 0.25) is 0 Å². The number of hydrogen-bond acceptors (Lipinski definition) is 8. The van der Waals surface area contributed by atoms with Gasteiger partial charge in [-0.25, -0.2) is 4.79 Å². The summed E-state index contributed by atoms with van der Waals surface area (Å²) in [5.41, 5.74) is -0.216. The summed E-state index contributed by atoms with van der Waals surface area (Å²) in [6.45, 7) is -0.437. The van der Waals surface area contributed by atoms with E-state index in [1.54, 1.807) is 30.3 Å². The molecule has 31 heavy (non-hydrogen) atoms. The van der Waals surface area contributed by atoms with Gasteiger partial charge in [0, 0.05) is 23.7 Å². The third-order valence-corrected chi connectivity index (χ3v) is 4.71. The fraction of sp³-hybridized carbons (Fsp3) is 0.190. The molecular weight excluding hydrogens is 406 g/mol. The van der Waals surface area contributed by atoms with Crippen LogP contribution < -0.4 is 5.32 Å². The minimum absolute atomic E-state index is 0.0142. The summed E-state index contributed by atoms with van der Waals surface area (Å²) in [6, 6.07) is 12.1. The number of carbonyl (C=O) groups is 3. The number of amides is 1. The fourth-order valence-electron chi connectivity index (χ4n) is 3.17. The van der Waals surface area contributed by atoms with Crippen LogP contribution in [0.15, 0.2) is 59.8 Å². The largest absolute Gasteiger partial charge is 0.466 e. The number of benzene rings is 2. The summed E-state index contributed by atoms with van der Waals surface area (Å²) in [5, 5.41) is 23.4.